The number of fused-ring (bicyclic) bond motifs is 1. The zero-order valence-corrected chi connectivity index (χ0v) is 11.7. The first-order valence-electron chi connectivity index (χ1n) is 6.45. The van der Waals surface area contributed by atoms with Crippen molar-refractivity contribution in [3.63, 3.8) is 0 Å². The van der Waals surface area contributed by atoms with Crippen LogP contribution >= 0.6 is 11.6 Å². The normalized spacial score (nSPS) is 12.6. The lowest BCUT2D eigenvalue weighted by molar-refractivity contribution is 0.577. The van der Waals surface area contributed by atoms with Gasteiger partial charge in [0.05, 0.1) is 11.1 Å². The number of hydrogen-bond donors (Lipinski definition) is 1. The number of halogens is 3. The molecule has 0 aliphatic heterocycles. The first-order valence-corrected chi connectivity index (χ1v) is 6.83. The summed E-state index contributed by atoms with van der Waals surface area (Å²) in [5.41, 5.74) is 6.99. The van der Waals surface area contributed by atoms with Crippen LogP contribution in [-0.2, 0) is 0 Å². The predicted molar refractivity (Wildman–Crippen MR) is 81.3 cm³/mol. The van der Waals surface area contributed by atoms with Crippen LogP contribution < -0.4 is 5.73 Å². The molecule has 0 saturated heterocycles. The van der Waals surface area contributed by atoms with Crippen LogP contribution in [0, 0.1) is 11.6 Å². The third-order valence-electron chi connectivity index (χ3n) is 3.53. The van der Waals surface area contributed by atoms with E-state index < -0.39 is 17.7 Å². The van der Waals surface area contributed by atoms with Crippen LogP contribution in [0.2, 0.25) is 5.02 Å². The second kappa shape index (κ2) is 5.43. The summed E-state index contributed by atoms with van der Waals surface area (Å²) in [7, 11) is 0. The SMILES string of the molecule is NC(c1cc(F)c(Cl)cc1F)c1cccc2ccccc12. The molecule has 1 atom stereocenters. The van der Waals surface area contributed by atoms with Crippen LogP contribution in [0.5, 0.6) is 0 Å². The Bertz CT molecular complexity index is 812. The standard InChI is InChI=1S/C17H12ClF2N/c18-14-9-15(19)13(8-16(14)20)17(21)12-7-3-5-10-4-1-2-6-11(10)12/h1-9,17H,21H2. The molecule has 3 rings (SSSR count). The summed E-state index contributed by atoms with van der Waals surface area (Å²) in [5, 5.41) is 1.67. The number of benzene rings is 3. The van der Waals surface area contributed by atoms with Crippen molar-refractivity contribution in [3.05, 3.63) is 82.4 Å². The second-order valence-electron chi connectivity index (χ2n) is 4.83. The van der Waals surface area contributed by atoms with Crippen LogP contribution in [0.4, 0.5) is 8.78 Å². The molecule has 0 aliphatic rings. The van der Waals surface area contributed by atoms with E-state index in [4.69, 9.17) is 17.3 Å². The Labute approximate surface area is 126 Å². The Kier molecular flexibility index (Phi) is 3.62. The largest absolute Gasteiger partial charge is 0.320 e. The van der Waals surface area contributed by atoms with Gasteiger partial charge in [0.15, 0.2) is 0 Å². The molecule has 0 heterocycles. The fraction of sp³-hybridized carbons (Fsp3) is 0.0588. The fourth-order valence-electron chi connectivity index (χ4n) is 2.47. The minimum absolute atomic E-state index is 0.0910. The van der Waals surface area contributed by atoms with Gasteiger partial charge >= 0.3 is 0 Å². The van der Waals surface area contributed by atoms with Gasteiger partial charge in [-0.1, -0.05) is 54.1 Å². The molecule has 0 amide bonds. The van der Waals surface area contributed by atoms with Crippen LogP contribution in [0.15, 0.2) is 54.6 Å². The molecule has 4 heteroatoms. The van der Waals surface area contributed by atoms with Gasteiger partial charge in [-0.15, -0.1) is 0 Å². The van der Waals surface area contributed by atoms with E-state index in [9.17, 15) is 8.78 Å². The Hall–Kier alpha value is -1.97. The van der Waals surface area contributed by atoms with Crippen molar-refractivity contribution in [2.24, 2.45) is 5.73 Å². The van der Waals surface area contributed by atoms with Crippen molar-refractivity contribution in [1.82, 2.24) is 0 Å². The summed E-state index contributed by atoms with van der Waals surface area (Å²) in [6.07, 6.45) is 0. The van der Waals surface area contributed by atoms with Gasteiger partial charge in [-0.25, -0.2) is 8.78 Å². The van der Waals surface area contributed by atoms with Gasteiger partial charge in [0.1, 0.15) is 11.6 Å². The van der Waals surface area contributed by atoms with Gasteiger partial charge in [-0.2, -0.15) is 0 Å². The van der Waals surface area contributed by atoms with Gasteiger partial charge in [-0.05, 0) is 28.5 Å². The van der Waals surface area contributed by atoms with Crippen molar-refractivity contribution in [1.29, 1.82) is 0 Å². The fourth-order valence-corrected chi connectivity index (χ4v) is 2.62. The Morgan fingerprint density at radius 1 is 0.857 bits per heavy atom. The molecule has 0 bridgehead atoms. The van der Waals surface area contributed by atoms with Crippen LogP contribution in [0.3, 0.4) is 0 Å². The zero-order valence-electron chi connectivity index (χ0n) is 11.0. The van der Waals surface area contributed by atoms with Gasteiger partial charge < -0.3 is 5.73 Å². The Morgan fingerprint density at radius 3 is 2.38 bits per heavy atom. The Balaban J connectivity index is 2.17. The average molecular weight is 304 g/mol. The highest BCUT2D eigenvalue weighted by Gasteiger charge is 2.18. The first kappa shape index (κ1) is 14.0. The summed E-state index contributed by atoms with van der Waals surface area (Å²) in [5.74, 6) is -1.29. The van der Waals surface area contributed by atoms with E-state index in [1.807, 2.05) is 42.5 Å². The summed E-state index contributed by atoms with van der Waals surface area (Å²) >= 11 is 5.58. The van der Waals surface area contributed by atoms with E-state index >= 15 is 0 Å². The lowest BCUT2D eigenvalue weighted by Crippen LogP contribution is -2.14. The van der Waals surface area contributed by atoms with E-state index in [0.717, 1.165) is 28.5 Å². The summed E-state index contributed by atoms with van der Waals surface area (Å²) in [4.78, 5) is 0. The third kappa shape index (κ3) is 2.50. The molecule has 0 fully saturated rings. The van der Waals surface area contributed by atoms with E-state index in [-0.39, 0.29) is 10.6 Å². The topological polar surface area (TPSA) is 26.0 Å². The van der Waals surface area contributed by atoms with Crippen molar-refractivity contribution >= 4 is 22.4 Å². The molecule has 21 heavy (non-hydrogen) atoms. The van der Waals surface area contributed by atoms with Crippen molar-refractivity contribution < 1.29 is 8.78 Å². The van der Waals surface area contributed by atoms with Crippen molar-refractivity contribution in [3.8, 4) is 0 Å². The molecule has 106 valence electrons. The first-order chi connectivity index (χ1) is 10.1. The molecule has 3 aromatic rings. The summed E-state index contributed by atoms with van der Waals surface area (Å²) in [6, 6.07) is 14.5. The number of hydrogen-bond acceptors (Lipinski definition) is 1. The van der Waals surface area contributed by atoms with E-state index in [1.165, 1.54) is 0 Å². The summed E-state index contributed by atoms with van der Waals surface area (Å²) < 4.78 is 27.6. The number of nitrogens with two attached hydrogens (primary N) is 1. The predicted octanol–water partition coefficient (Wildman–Crippen LogP) is 4.82. The lowest BCUT2D eigenvalue weighted by atomic mass is 9.94. The molecular weight excluding hydrogens is 292 g/mol. The maximum Gasteiger partial charge on any atom is 0.142 e. The van der Waals surface area contributed by atoms with Crippen molar-refractivity contribution in [2.45, 2.75) is 6.04 Å². The van der Waals surface area contributed by atoms with Crippen LogP contribution in [-0.4, -0.2) is 0 Å². The highest BCUT2D eigenvalue weighted by atomic mass is 35.5. The lowest BCUT2D eigenvalue weighted by Gasteiger charge is -2.16. The molecule has 1 nitrogen and oxygen atoms in total. The highest BCUT2D eigenvalue weighted by molar-refractivity contribution is 6.30. The molecule has 1 unspecified atom stereocenters. The molecule has 0 aromatic heterocycles. The van der Waals surface area contributed by atoms with Crippen LogP contribution in [0.1, 0.15) is 17.2 Å². The molecule has 3 aromatic carbocycles. The van der Waals surface area contributed by atoms with E-state index in [2.05, 4.69) is 0 Å². The highest BCUT2D eigenvalue weighted by Crippen LogP contribution is 2.30. The molecule has 2 N–H and O–H groups in total. The van der Waals surface area contributed by atoms with Gasteiger partial charge in [0.2, 0.25) is 0 Å². The monoisotopic (exact) mass is 303 g/mol. The van der Waals surface area contributed by atoms with E-state index in [0.29, 0.717) is 0 Å². The smallest absolute Gasteiger partial charge is 0.142 e. The Morgan fingerprint density at radius 2 is 1.57 bits per heavy atom. The molecular formula is C17H12ClF2N. The zero-order chi connectivity index (χ0) is 15.0. The van der Waals surface area contributed by atoms with Crippen LogP contribution in [0.25, 0.3) is 10.8 Å². The molecule has 0 radical (unpaired) electrons. The van der Waals surface area contributed by atoms with Gasteiger partial charge in [0.25, 0.3) is 0 Å². The maximum atomic E-state index is 14.0. The minimum Gasteiger partial charge on any atom is -0.320 e. The second-order valence-corrected chi connectivity index (χ2v) is 5.24. The third-order valence-corrected chi connectivity index (χ3v) is 3.82. The summed E-state index contributed by atoms with van der Waals surface area (Å²) in [6.45, 7) is 0. The van der Waals surface area contributed by atoms with Crippen molar-refractivity contribution in [2.75, 3.05) is 0 Å². The quantitative estimate of drug-likeness (QED) is 0.675. The van der Waals surface area contributed by atoms with E-state index in [1.54, 1.807) is 0 Å². The van der Waals surface area contributed by atoms with Gasteiger partial charge in [-0.3, -0.25) is 0 Å². The maximum absolute atomic E-state index is 14.0. The average Bonchev–Trinajstić information content (AvgIpc) is 2.49. The minimum atomic E-state index is -0.761. The molecule has 0 saturated carbocycles. The molecule has 0 spiro atoms. The molecule has 0 aliphatic carbocycles. The number of rotatable bonds is 2. The van der Waals surface area contributed by atoms with Gasteiger partial charge in [0, 0.05) is 5.56 Å².